The van der Waals surface area contributed by atoms with Gasteiger partial charge in [0.2, 0.25) is 17.7 Å². The molecule has 1 aliphatic rings. The van der Waals surface area contributed by atoms with Crippen molar-refractivity contribution in [3.05, 3.63) is 28.8 Å². The molecule has 28 heavy (non-hydrogen) atoms. The first-order valence-corrected chi connectivity index (χ1v) is 9.27. The Balaban J connectivity index is 1.81. The van der Waals surface area contributed by atoms with Gasteiger partial charge < -0.3 is 15.1 Å². The first-order chi connectivity index (χ1) is 13.1. The number of hydrogen-bond acceptors (Lipinski definition) is 4. The maximum atomic E-state index is 12.3. The highest BCUT2D eigenvalue weighted by molar-refractivity contribution is 6.01. The van der Waals surface area contributed by atoms with Crippen LogP contribution >= 0.6 is 0 Å². The Kier molecular flexibility index (Phi) is 6.77. The monoisotopic (exact) mass is 388 g/mol. The fourth-order valence-corrected chi connectivity index (χ4v) is 3.33. The van der Waals surface area contributed by atoms with Crippen molar-refractivity contribution in [2.24, 2.45) is 0 Å². The number of carbonyl (C=O) groups excluding carboxylic acids is 4. The van der Waals surface area contributed by atoms with E-state index in [1.165, 1.54) is 9.80 Å². The quantitative estimate of drug-likeness (QED) is 0.720. The van der Waals surface area contributed by atoms with Crippen LogP contribution in [0.1, 0.15) is 29.5 Å². The first-order valence-electron chi connectivity index (χ1n) is 9.27. The third-order valence-corrected chi connectivity index (χ3v) is 4.75. The second-order valence-corrected chi connectivity index (χ2v) is 7.36. The molecule has 2 rings (SSSR count). The second kappa shape index (κ2) is 8.86. The van der Waals surface area contributed by atoms with E-state index < -0.39 is 0 Å². The summed E-state index contributed by atoms with van der Waals surface area (Å²) in [5, 5.41) is 2.87. The minimum atomic E-state index is -0.339. The van der Waals surface area contributed by atoms with Crippen molar-refractivity contribution in [2.45, 2.75) is 33.6 Å². The van der Waals surface area contributed by atoms with Gasteiger partial charge in [-0.2, -0.15) is 0 Å². The molecule has 1 aliphatic heterocycles. The van der Waals surface area contributed by atoms with Crippen LogP contribution in [-0.2, 0) is 14.4 Å². The van der Waals surface area contributed by atoms with Gasteiger partial charge in [0.15, 0.2) is 0 Å². The van der Waals surface area contributed by atoms with E-state index in [-0.39, 0.29) is 49.8 Å². The van der Waals surface area contributed by atoms with Gasteiger partial charge >= 0.3 is 6.03 Å². The van der Waals surface area contributed by atoms with E-state index in [0.717, 1.165) is 27.3 Å². The van der Waals surface area contributed by atoms with Gasteiger partial charge in [-0.05, 0) is 38.3 Å². The third kappa shape index (κ3) is 5.09. The van der Waals surface area contributed by atoms with Gasteiger partial charge in [0.1, 0.15) is 6.54 Å². The highest BCUT2D eigenvalue weighted by atomic mass is 16.2. The van der Waals surface area contributed by atoms with Gasteiger partial charge in [-0.3, -0.25) is 19.3 Å². The molecule has 0 aliphatic carbocycles. The maximum Gasteiger partial charge on any atom is 0.326 e. The minimum absolute atomic E-state index is 0.0596. The number of carbonyl (C=O) groups is 4. The molecule has 1 aromatic carbocycles. The van der Waals surface area contributed by atoms with E-state index in [4.69, 9.17) is 0 Å². The van der Waals surface area contributed by atoms with Gasteiger partial charge in [0, 0.05) is 32.7 Å². The molecule has 0 spiro atoms. The van der Waals surface area contributed by atoms with Crippen molar-refractivity contribution in [2.75, 3.05) is 39.0 Å². The number of rotatable bonds is 7. The number of nitrogens with zero attached hydrogens (tertiary/aromatic N) is 3. The predicted molar refractivity (Wildman–Crippen MR) is 106 cm³/mol. The summed E-state index contributed by atoms with van der Waals surface area (Å²) in [7, 11) is 3.13. The van der Waals surface area contributed by atoms with Crippen LogP contribution in [0.4, 0.5) is 10.5 Å². The van der Waals surface area contributed by atoms with Crippen LogP contribution in [0.3, 0.4) is 0 Å². The number of likely N-dealkylation sites (N-methyl/N-ethyl adjacent to an activating group) is 2. The Bertz CT molecular complexity index is 782. The summed E-state index contributed by atoms with van der Waals surface area (Å²) >= 11 is 0. The molecule has 1 aromatic rings. The largest absolute Gasteiger partial charge is 0.336 e. The van der Waals surface area contributed by atoms with Crippen LogP contribution in [0.15, 0.2) is 12.1 Å². The van der Waals surface area contributed by atoms with Crippen molar-refractivity contribution >= 4 is 29.4 Å². The van der Waals surface area contributed by atoms with Crippen molar-refractivity contribution in [1.82, 2.24) is 14.7 Å². The molecule has 0 unspecified atom stereocenters. The average Bonchev–Trinajstić information content (AvgIpc) is 2.83. The first kappa shape index (κ1) is 21.4. The number of nitrogens with one attached hydrogen (secondary N) is 1. The van der Waals surface area contributed by atoms with Gasteiger partial charge in [-0.15, -0.1) is 0 Å². The standard InChI is InChI=1S/C20H28N4O4/c1-13-9-14(2)19(15(3)10-13)21-16(25)11-22(4)17(26)7-6-8-24-18(27)12-23(5)20(24)28/h9-10H,6-8,11-12H2,1-5H3,(H,21,25). The average molecular weight is 388 g/mol. The molecule has 8 nitrogen and oxygen atoms in total. The smallest absolute Gasteiger partial charge is 0.326 e. The van der Waals surface area contributed by atoms with Gasteiger partial charge in [0.25, 0.3) is 0 Å². The zero-order chi connectivity index (χ0) is 21.0. The van der Waals surface area contributed by atoms with Gasteiger partial charge in [0.05, 0.1) is 6.54 Å². The summed E-state index contributed by atoms with van der Waals surface area (Å²) in [5.41, 5.74) is 3.85. The van der Waals surface area contributed by atoms with Crippen LogP contribution in [0.25, 0.3) is 0 Å². The number of amides is 5. The Morgan fingerprint density at radius 2 is 1.75 bits per heavy atom. The summed E-state index contributed by atoms with van der Waals surface area (Å²) in [6, 6.07) is 3.65. The lowest BCUT2D eigenvalue weighted by atomic mass is 10.1. The number of aryl methyl sites for hydroxylation is 3. The molecule has 5 amide bonds. The molecule has 8 heteroatoms. The highest BCUT2D eigenvalue weighted by Crippen LogP contribution is 2.21. The van der Waals surface area contributed by atoms with E-state index in [1.54, 1.807) is 14.1 Å². The Hall–Kier alpha value is -2.90. The minimum Gasteiger partial charge on any atom is -0.336 e. The lowest BCUT2D eigenvalue weighted by Crippen LogP contribution is -2.36. The third-order valence-electron chi connectivity index (χ3n) is 4.75. The second-order valence-electron chi connectivity index (χ2n) is 7.36. The Morgan fingerprint density at radius 1 is 1.14 bits per heavy atom. The van der Waals surface area contributed by atoms with Gasteiger partial charge in [-0.1, -0.05) is 17.7 Å². The molecule has 0 radical (unpaired) electrons. The zero-order valence-corrected chi connectivity index (χ0v) is 17.2. The molecular formula is C20H28N4O4. The Labute approximate surface area is 165 Å². The molecular weight excluding hydrogens is 360 g/mol. The van der Waals surface area contributed by atoms with Crippen molar-refractivity contribution in [1.29, 1.82) is 0 Å². The van der Waals surface area contributed by atoms with Crippen LogP contribution < -0.4 is 5.32 Å². The SMILES string of the molecule is Cc1cc(C)c(NC(=O)CN(C)C(=O)CCCN2C(=O)CN(C)C2=O)c(C)c1. The number of benzene rings is 1. The normalized spacial score (nSPS) is 13.9. The summed E-state index contributed by atoms with van der Waals surface area (Å²) in [4.78, 5) is 51.9. The molecule has 0 saturated carbocycles. The van der Waals surface area contributed by atoms with Crippen molar-refractivity contribution < 1.29 is 19.2 Å². The topological polar surface area (TPSA) is 90.0 Å². The van der Waals surface area contributed by atoms with E-state index in [0.29, 0.717) is 6.42 Å². The Morgan fingerprint density at radius 3 is 2.29 bits per heavy atom. The van der Waals surface area contributed by atoms with E-state index >= 15 is 0 Å². The van der Waals surface area contributed by atoms with E-state index in [1.807, 2.05) is 32.9 Å². The molecule has 152 valence electrons. The van der Waals surface area contributed by atoms with E-state index in [2.05, 4.69) is 5.32 Å². The van der Waals surface area contributed by atoms with Crippen molar-refractivity contribution in [3.63, 3.8) is 0 Å². The maximum absolute atomic E-state index is 12.3. The zero-order valence-electron chi connectivity index (χ0n) is 17.2. The van der Waals surface area contributed by atoms with Crippen LogP contribution in [0.2, 0.25) is 0 Å². The number of imide groups is 1. The van der Waals surface area contributed by atoms with E-state index in [9.17, 15) is 19.2 Å². The molecule has 1 saturated heterocycles. The van der Waals surface area contributed by atoms with Crippen LogP contribution in [0, 0.1) is 20.8 Å². The number of anilines is 1. The van der Waals surface area contributed by atoms with Crippen LogP contribution in [-0.4, -0.2) is 72.2 Å². The molecule has 0 bridgehead atoms. The lowest BCUT2D eigenvalue weighted by molar-refractivity contribution is -0.133. The highest BCUT2D eigenvalue weighted by Gasteiger charge is 2.32. The number of hydrogen-bond donors (Lipinski definition) is 1. The summed E-state index contributed by atoms with van der Waals surface area (Å²) in [5.74, 6) is -0.728. The molecule has 0 aromatic heterocycles. The van der Waals surface area contributed by atoms with Crippen molar-refractivity contribution in [3.8, 4) is 0 Å². The molecule has 1 fully saturated rings. The summed E-state index contributed by atoms with van der Waals surface area (Å²) in [6.45, 7) is 6.08. The fraction of sp³-hybridized carbons (Fsp3) is 0.500. The van der Waals surface area contributed by atoms with Crippen LogP contribution in [0.5, 0.6) is 0 Å². The molecule has 1 N–H and O–H groups in total. The molecule has 0 atom stereocenters. The number of urea groups is 1. The van der Waals surface area contributed by atoms with Gasteiger partial charge in [-0.25, -0.2) is 4.79 Å². The lowest BCUT2D eigenvalue weighted by Gasteiger charge is -2.19. The predicted octanol–water partition coefficient (Wildman–Crippen LogP) is 1.68. The summed E-state index contributed by atoms with van der Waals surface area (Å²) < 4.78 is 0. The summed E-state index contributed by atoms with van der Waals surface area (Å²) in [6.07, 6.45) is 0.527. The fourth-order valence-electron chi connectivity index (χ4n) is 3.33. The molecule has 1 heterocycles.